The minimum Gasteiger partial charge on any atom is -0.497 e. The fourth-order valence-corrected chi connectivity index (χ4v) is 5.28. The maximum atomic E-state index is 13.6. The molecule has 1 N–H and O–H groups in total. The molecular weight excluding hydrogens is 548 g/mol. The Morgan fingerprint density at radius 1 is 0.972 bits per heavy atom. The van der Waals surface area contributed by atoms with E-state index in [4.69, 9.17) is 14.2 Å². The molecular formula is C26H29BrN2O6S. The third kappa shape index (κ3) is 6.50. The van der Waals surface area contributed by atoms with Gasteiger partial charge >= 0.3 is 0 Å². The highest BCUT2D eigenvalue weighted by atomic mass is 79.9. The van der Waals surface area contributed by atoms with Gasteiger partial charge in [-0.2, -0.15) is 0 Å². The smallest absolute Gasteiger partial charge is 0.264 e. The first-order valence-corrected chi connectivity index (χ1v) is 13.4. The van der Waals surface area contributed by atoms with Gasteiger partial charge in [-0.25, -0.2) is 8.42 Å². The highest BCUT2D eigenvalue weighted by molar-refractivity contribution is 9.10. The first-order valence-electron chi connectivity index (χ1n) is 11.2. The molecule has 8 nitrogen and oxygen atoms in total. The molecule has 0 saturated heterocycles. The van der Waals surface area contributed by atoms with Crippen LogP contribution >= 0.6 is 15.9 Å². The largest absolute Gasteiger partial charge is 0.497 e. The summed E-state index contributed by atoms with van der Waals surface area (Å²) >= 11 is 3.32. The molecule has 0 saturated carbocycles. The molecule has 0 heterocycles. The van der Waals surface area contributed by atoms with Crippen molar-refractivity contribution in [3.63, 3.8) is 0 Å². The highest BCUT2D eigenvalue weighted by Gasteiger charge is 2.28. The summed E-state index contributed by atoms with van der Waals surface area (Å²) < 4.78 is 45.2. The number of rotatable bonds is 11. The number of hydrogen-bond donors (Lipinski definition) is 1. The molecule has 0 aliphatic heterocycles. The van der Waals surface area contributed by atoms with Gasteiger partial charge < -0.3 is 19.5 Å². The van der Waals surface area contributed by atoms with Gasteiger partial charge in [0.2, 0.25) is 5.91 Å². The number of benzene rings is 3. The number of ether oxygens (including phenoxy) is 3. The van der Waals surface area contributed by atoms with Crippen molar-refractivity contribution in [2.24, 2.45) is 0 Å². The maximum absolute atomic E-state index is 13.6. The van der Waals surface area contributed by atoms with Gasteiger partial charge in [0.1, 0.15) is 23.8 Å². The second-order valence-corrected chi connectivity index (χ2v) is 10.6. The molecule has 192 valence electrons. The van der Waals surface area contributed by atoms with Gasteiger partial charge in [-0.3, -0.25) is 9.10 Å². The van der Waals surface area contributed by atoms with Crippen LogP contribution in [0.2, 0.25) is 0 Å². The summed E-state index contributed by atoms with van der Waals surface area (Å²) in [4.78, 5) is 13.2. The first-order chi connectivity index (χ1) is 17.2. The minimum atomic E-state index is -4.05. The summed E-state index contributed by atoms with van der Waals surface area (Å²) in [5.41, 5.74) is 1.04. The number of carbonyl (C=O) groups excluding carboxylic acids is 1. The molecule has 1 unspecified atom stereocenters. The van der Waals surface area contributed by atoms with E-state index in [1.165, 1.54) is 19.2 Å². The molecule has 3 aromatic carbocycles. The van der Waals surface area contributed by atoms with Gasteiger partial charge in [-0.1, -0.05) is 15.9 Å². The normalized spacial score (nSPS) is 11.9. The molecule has 0 radical (unpaired) electrons. The van der Waals surface area contributed by atoms with E-state index in [9.17, 15) is 13.2 Å². The SMILES string of the molecule is CCOc1ccc(N(CC(=O)NC(C)c2cc(OC)ccc2OC)S(=O)(=O)c2ccc(Br)cc2)cc1. The van der Waals surface area contributed by atoms with Crippen LogP contribution < -0.4 is 23.8 Å². The molecule has 0 spiro atoms. The average Bonchev–Trinajstić information content (AvgIpc) is 2.87. The molecule has 36 heavy (non-hydrogen) atoms. The fourth-order valence-electron chi connectivity index (χ4n) is 3.60. The van der Waals surface area contributed by atoms with Crippen LogP contribution in [0.25, 0.3) is 0 Å². The standard InChI is InChI=1S/C26H29BrN2O6S/c1-5-35-21-10-8-20(9-11-21)29(36(31,32)23-13-6-19(27)7-14-23)17-26(30)28-18(2)24-16-22(33-3)12-15-25(24)34-4/h6-16,18H,5,17H2,1-4H3,(H,28,30). The molecule has 0 aromatic heterocycles. The molecule has 0 aliphatic carbocycles. The lowest BCUT2D eigenvalue weighted by molar-refractivity contribution is -0.120. The second kappa shape index (κ2) is 12.1. The number of nitrogens with zero attached hydrogens (tertiary/aromatic N) is 1. The van der Waals surface area contributed by atoms with Crippen LogP contribution in [-0.2, 0) is 14.8 Å². The van der Waals surface area contributed by atoms with Crippen LogP contribution in [0.5, 0.6) is 17.2 Å². The van der Waals surface area contributed by atoms with Crippen molar-refractivity contribution in [1.82, 2.24) is 5.32 Å². The van der Waals surface area contributed by atoms with Crippen LogP contribution in [0, 0.1) is 0 Å². The van der Waals surface area contributed by atoms with Gasteiger partial charge in [0, 0.05) is 10.0 Å². The predicted molar refractivity (Wildman–Crippen MR) is 142 cm³/mol. The molecule has 1 atom stereocenters. The number of carbonyl (C=O) groups is 1. The minimum absolute atomic E-state index is 0.0647. The molecule has 0 fully saturated rings. The van der Waals surface area contributed by atoms with Crippen LogP contribution in [0.4, 0.5) is 5.69 Å². The van der Waals surface area contributed by atoms with Crippen LogP contribution in [0.1, 0.15) is 25.5 Å². The molecule has 3 aromatic rings. The zero-order valence-electron chi connectivity index (χ0n) is 20.5. The van der Waals surface area contributed by atoms with E-state index in [1.807, 2.05) is 6.92 Å². The van der Waals surface area contributed by atoms with Crippen molar-refractivity contribution in [1.29, 1.82) is 0 Å². The Hall–Kier alpha value is -3.24. The quantitative estimate of drug-likeness (QED) is 0.347. The monoisotopic (exact) mass is 576 g/mol. The molecule has 0 bridgehead atoms. The zero-order valence-corrected chi connectivity index (χ0v) is 22.9. The van der Waals surface area contributed by atoms with E-state index < -0.39 is 28.5 Å². The number of hydrogen-bond acceptors (Lipinski definition) is 6. The van der Waals surface area contributed by atoms with Gasteiger partial charge in [-0.05, 0) is 80.6 Å². The summed E-state index contributed by atoms with van der Waals surface area (Å²) in [5, 5.41) is 2.87. The van der Waals surface area contributed by atoms with Crippen molar-refractivity contribution in [3.8, 4) is 17.2 Å². The first kappa shape index (κ1) is 27.3. The van der Waals surface area contributed by atoms with Gasteiger partial charge in [0.05, 0.1) is 37.5 Å². The maximum Gasteiger partial charge on any atom is 0.264 e. The number of methoxy groups -OCH3 is 2. The lowest BCUT2D eigenvalue weighted by atomic mass is 10.1. The average molecular weight is 577 g/mol. The van der Waals surface area contributed by atoms with E-state index >= 15 is 0 Å². The summed E-state index contributed by atoms with van der Waals surface area (Å²) in [5.74, 6) is 1.31. The lowest BCUT2D eigenvalue weighted by Crippen LogP contribution is -2.41. The highest BCUT2D eigenvalue weighted by Crippen LogP contribution is 2.30. The van der Waals surface area contributed by atoms with Crippen molar-refractivity contribution in [2.45, 2.75) is 24.8 Å². The Balaban J connectivity index is 1.91. The predicted octanol–water partition coefficient (Wildman–Crippen LogP) is 4.94. The van der Waals surface area contributed by atoms with E-state index in [1.54, 1.807) is 68.6 Å². The number of sulfonamides is 1. The Bertz CT molecular complexity index is 1280. The zero-order chi connectivity index (χ0) is 26.3. The Kier molecular flexibility index (Phi) is 9.22. The fraction of sp³-hybridized carbons (Fsp3) is 0.269. The summed E-state index contributed by atoms with van der Waals surface area (Å²) in [6.45, 7) is 3.71. The molecule has 10 heteroatoms. The number of nitrogens with one attached hydrogen (secondary N) is 1. The summed E-state index contributed by atoms with van der Waals surface area (Å²) in [7, 11) is -0.957. The van der Waals surface area contributed by atoms with Crippen molar-refractivity contribution >= 4 is 37.5 Å². The summed E-state index contributed by atoms with van der Waals surface area (Å²) in [6.07, 6.45) is 0. The van der Waals surface area contributed by atoms with Crippen LogP contribution in [-0.4, -0.2) is 41.7 Å². The van der Waals surface area contributed by atoms with E-state index in [2.05, 4.69) is 21.2 Å². The topological polar surface area (TPSA) is 94.2 Å². The molecule has 3 rings (SSSR count). The van der Waals surface area contributed by atoms with Crippen molar-refractivity contribution in [2.75, 3.05) is 31.7 Å². The van der Waals surface area contributed by atoms with Crippen molar-refractivity contribution < 1.29 is 27.4 Å². The van der Waals surface area contributed by atoms with Gasteiger partial charge in [0.15, 0.2) is 0 Å². The second-order valence-electron chi connectivity index (χ2n) is 7.79. The number of anilines is 1. The van der Waals surface area contributed by atoms with E-state index in [0.29, 0.717) is 35.1 Å². The molecule has 0 aliphatic rings. The Morgan fingerprint density at radius 2 is 1.61 bits per heavy atom. The van der Waals surface area contributed by atoms with Gasteiger partial charge in [0.25, 0.3) is 10.0 Å². The lowest BCUT2D eigenvalue weighted by Gasteiger charge is -2.25. The Labute approximate surface area is 220 Å². The summed E-state index contributed by atoms with van der Waals surface area (Å²) in [6, 6.07) is 17.6. The van der Waals surface area contributed by atoms with E-state index in [-0.39, 0.29) is 4.90 Å². The van der Waals surface area contributed by atoms with Crippen LogP contribution in [0.3, 0.4) is 0 Å². The third-order valence-corrected chi connectivity index (χ3v) is 7.72. The Morgan fingerprint density at radius 3 is 2.19 bits per heavy atom. The number of amides is 1. The van der Waals surface area contributed by atoms with Gasteiger partial charge in [-0.15, -0.1) is 0 Å². The number of halogens is 1. The van der Waals surface area contributed by atoms with E-state index in [0.717, 1.165) is 8.78 Å². The van der Waals surface area contributed by atoms with Crippen LogP contribution in [0.15, 0.2) is 76.1 Å². The molecule has 1 amide bonds. The van der Waals surface area contributed by atoms with Crippen molar-refractivity contribution in [3.05, 3.63) is 76.8 Å². The third-order valence-electron chi connectivity index (χ3n) is 5.41.